The van der Waals surface area contributed by atoms with E-state index in [1.165, 1.54) is 44.5 Å². The number of hydrogen-bond donors (Lipinski definition) is 0. The molecule has 0 amide bonds. The van der Waals surface area contributed by atoms with Crippen LogP contribution in [0.4, 0.5) is 11.4 Å². The van der Waals surface area contributed by atoms with Gasteiger partial charge in [-0.15, -0.1) is 0 Å². The lowest BCUT2D eigenvalue weighted by Crippen LogP contribution is -2.60. The van der Waals surface area contributed by atoms with Crippen LogP contribution in [0.5, 0.6) is 0 Å². The van der Waals surface area contributed by atoms with E-state index in [-0.39, 0.29) is 6.71 Å². The standard InChI is InChI=1S/C29H36BNO/c1-19(2)22-16-23(20(3)4)29(24(17-22)21(5)6)30-25-12-8-10-14-27(25)31(18-32-7)28-15-11-9-13-26(28)30/h8-17,19-21H,18H2,1-7H3. The Morgan fingerprint density at radius 1 is 0.719 bits per heavy atom. The molecule has 0 bridgehead atoms. The van der Waals surface area contributed by atoms with Gasteiger partial charge in [0.25, 0.3) is 0 Å². The maximum atomic E-state index is 5.63. The van der Waals surface area contributed by atoms with E-state index < -0.39 is 0 Å². The zero-order chi connectivity index (χ0) is 23.0. The molecule has 0 N–H and O–H groups in total. The number of nitrogens with zero attached hydrogens (tertiary/aromatic N) is 1. The van der Waals surface area contributed by atoms with Crippen LogP contribution in [-0.4, -0.2) is 20.6 Å². The van der Waals surface area contributed by atoms with Gasteiger partial charge in [0.05, 0.1) is 0 Å². The Kier molecular flexibility index (Phi) is 6.48. The maximum Gasteiger partial charge on any atom is 0.247 e. The largest absolute Gasteiger partial charge is 0.364 e. The molecule has 0 saturated heterocycles. The summed E-state index contributed by atoms with van der Waals surface area (Å²) in [4.78, 5) is 2.31. The number of fused-ring (bicyclic) bond motifs is 2. The first-order valence-electron chi connectivity index (χ1n) is 12.0. The molecule has 0 spiro atoms. The predicted molar refractivity (Wildman–Crippen MR) is 140 cm³/mol. The van der Waals surface area contributed by atoms with E-state index in [0.717, 1.165) is 0 Å². The first-order valence-corrected chi connectivity index (χ1v) is 12.0. The molecule has 1 heterocycles. The van der Waals surface area contributed by atoms with Crippen LogP contribution in [-0.2, 0) is 4.74 Å². The van der Waals surface area contributed by atoms with Gasteiger partial charge < -0.3 is 9.64 Å². The fourth-order valence-corrected chi connectivity index (χ4v) is 5.18. The summed E-state index contributed by atoms with van der Waals surface area (Å²) in [5, 5.41) is 0. The van der Waals surface area contributed by atoms with Crippen LogP contribution in [0, 0.1) is 0 Å². The van der Waals surface area contributed by atoms with Gasteiger partial charge in [0.2, 0.25) is 6.71 Å². The van der Waals surface area contributed by atoms with E-state index in [2.05, 4.69) is 107 Å². The average Bonchev–Trinajstić information content (AvgIpc) is 2.78. The quantitative estimate of drug-likeness (QED) is 0.475. The molecule has 0 aromatic heterocycles. The van der Waals surface area contributed by atoms with Crippen molar-refractivity contribution < 1.29 is 4.74 Å². The monoisotopic (exact) mass is 425 g/mol. The lowest BCUT2D eigenvalue weighted by molar-refractivity contribution is 0.206. The first-order chi connectivity index (χ1) is 15.3. The van der Waals surface area contributed by atoms with E-state index in [1.54, 1.807) is 7.11 Å². The van der Waals surface area contributed by atoms with Crippen molar-refractivity contribution in [2.45, 2.75) is 59.3 Å². The van der Waals surface area contributed by atoms with E-state index in [0.29, 0.717) is 24.5 Å². The molecular formula is C29H36BNO. The van der Waals surface area contributed by atoms with Crippen LogP contribution < -0.4 is 21.3 Å². The molecule has 2 nitrogen and oxygen atoms in total. The van der Waals surface area contributed by atoms with Gasteiger partial charge in [-0.3, -0.25) is 0 Å². The summed E-state index contributed by atoms with van der Waals surface area (Å²) >= 11 is 0. The van der Waals surface area contributed by atoms with Gasteiger partial charge in [0.1, 0.15) is 6.73 Å². The van der Waals surface area contributed by atoms with E-state index in [1.807, 2.05) is 0 Å². The average molecular weight is 425 g/mol. The molecule has 3 aromatic rings. The Morgan fingerprint density at radius 2 is 1.19 bits per heavy atom. The van der Waals surface area contributed by atoms with Crippen LogP contribution in [0.3, 0.4) is 0 Å². The molecule has 1 aliphatic rings. The highest BCUT2D eigenvalue weighted by molar-refractivity contribution is 6.98. The normalized spacial score (nSPS) is 13.2. The van der Waals surface area contributed by atoms with Crippen molar-refractivity contribution in [1.82, 2.24) is 0 Å². The lowest BCUT2D eigenvalue weighted by atomic mass is 9.33. The van der Waals surface area contributed by atoms with Crippen molar-refractivity contribution in [3.8, 4) is 0 Å². The van der Waals surface area contributed by atoms with Crippen LogP contribution in [0.15, 0.2) is 60.7 Å². The molecule has 0 saturated carbocycles. The third-order valence-electron chi connectivity index (χ3n) is 6.80. The number of para-hydroxylation sites is 2. The van der Waals surface area contributed by atoms with E-state index >= 15 is 0 Å². The summed E-state index contributed by atoms with van der Waals surface area (Å²) in [5.41, 5.74) is 11.1. The molecule has 3 heteroatoms. The highest BCUT2D eigenvalue weighted by Crippen LogP contribution is 2.31. The number of rotatable bonds is 6. The first kappa shape index (κ1) is 22.7. The van der Waals surface area contributed by atoms with Crippen molar-refractivity contribution in [3.05, 3.63) is 77.4 Å². The second kappa shape index (κ2) is 9.15. The predicted octanol–water partition coefficient (Wildman–Crippen LogP) is 5.63. The topological polar surface area (TPSA) is 12.5 Å². The van der Waals surface area contributed by atoms with Gasteiger partial charge >= 0.3 is 0 Å². The molecule has 0 radical (unpaired) electrons. The molecule has 0 aliphatic carbocycles. The number of anilines is 2. The van der Waals surface area contributed by atoms with Crippen LogP contribution in [0.1, 0.15) is 76.0 Å². The molecule has 3 aromatic carbocycles. The Morgan fingerprint density at radius 3 is 1.59 bits per heavy atom. The molecule has 0 unspecified atom stereocenters. The van der Waals surface area contributed by atoms with Crippen molar-refractivity contribution in [2.24, 2.45) is 0 Å². The Hall–Kier alpha value is -2.52. The fourth-order valence-electron chi connectivity index (χ4n) is 5.18. The third kappa shape index (κ3) is 3.88. The van der Waals surface area contributed by atoms with Crippen LogP contribution in [0.2, 0.25) is 0 Å². The van der Waals surface area contributed by atoms with Crippen molar-refractivity contribution in [1.29, 1.82) is 0 Å². The second-order valence-corrected chi connectivity index (χ2v) is 9.97. The van der Waals surface area contributed by atoms with Crippen molar-refractivity contribution >= 4 is 34.5 Å². The highest BCUT2D eigenvalue weighted by Gasteiger charge is 2.37. The number of ether oxygens (including phenoxy) is 1. The van der Waals surface area contributed by atoms with Gasteiger partial charge in [-0.25, -0.2) is 0 Å². The summed E-state index contributed by atoms with van der Waals surface area (Å²) < 4.78 is 5.63. The van der Waals surface area contributed by atoms with E-state index in [9.17, 15) is 0 Å². The molecule has 32 heavy (non-hydrogen) atoms. The van der Waals surface area contributed by atoms with Crippen LogP contribution in [0.25, 0.3) is 0 Å². The number of benzene rings is 3. The zero-order valence-corrected chi connectivity index (χ0v) is 20.6. The zero-order valence-electron chi connectivity index (χ0n) is 20.6. The number of hydrogen-bond acceptors (Lipinski definition) is 2. The van der Waals surface area contributed by atoms with Gasteiger partial charge in [0, 0.05) is 18.5 Å². The molecule has 0 atom stereocenters. The lowest BCUT2D eigenvalue weighted by Gasteiger charge is -2.38. The molecule has 1 aliphatic heterocycles. The summed E-state index contributed by atoms with van der Waals surface area (Å²) in [7, 11) is 1.77. The Balaban J connectivity index is 2.07. The minimum atomic E-state index is 0.214. The second-order valence-electron chi connectivity index (χ2n) is 9.97. The highest BCUT2D eigenvalue weighted by atomic mass is 16.5. The minimum absolute atomic E-state index is 0.214. The molecule has 166 valence electrons. The number of methoxy groups -OCH3 is 1. The summed E-state index contributed by atoms with van der Waals surface area (Å²) in [6, 6.07) is 22.7. The maximum absolute atomic E-state index is 5.63. The smallest absolute Gasteiger partial charge is 0.247 e. The Bertz CT molecular complexity index is 1030. The summed E-state index contributed by atoms with van der Waals surface area (Å²) in [5.74, 6) is 1.43. The molecule has 0 fully saturated rings. The van der Waals surface area contributed by atoms with Gasteiger partial charge in [-0.1, -0.05) is 95.5 Å². The molecule has 4 rings (SSSR count). The van der Waals surface area contributed by atoms with E-state index in [4.69, 9.17) is 4.74 Å². The third-order valence-corrected chi connectivity index (χ3v) is 6.80. The van der Waals surface area contributed by atoms with Crippen molar-refractivity contribution in [2.75, 3.05) is 18.7 Å². The van der Waals surface area contributed by atoms with Gasteiger partial charge in [-0.05, 0) is 57.5 Å². The molecular weight excluding hydrogens is 389 g/mol. The fraction of sp³-hybridized carbons (Fsp3) is 0.379. The Labute approximate surface area is 194 Å². The van der Waals surface area contributed by atoms with Gasteiger partial charge in [0.15, 0.2) is 0 Å². The van der Waals surface area contributed by atoms with Gasteiger partial charge in [-0.2, -0.15) is 0 Å². The summed E-state index contributed by atoms with van der Waals surface area (Å²) in [6.45, 7) is 14.7. The minimum Gasteiger partial charge on any atom is -0.364 e. The van der Waals surface area contributed by atoms with Crippen LogP contribution >= 0.6 is 0 Å². The summed E-state index contributed by atoms with van der Waals surface area (Å²) in [6.07, 6.45) is 0. The van der Waals surface area contributed by atoms with Crippen molar-refractivity contribution in [3.63, 3.8) is 0 Å². The SMILES string of the molecule is COCN1c2ccccc2B(c2c(C(C)C)cc(C(C)C)cc2C(C)C)c2ccccc21.